The van der Waals surface area contributed by atoms with Gasteiger partial charge in [-0.05, 0) is 5.92 Å². The highest BCUT2D eigenvalue weighted by molar-refractivity contribution is 9.12. The molecule has 0 saturated carbocycles. The molecule has 0 aliphatic carbocycles. The van der Waals surface area contributed by atoms with Crippen molar-refractivity contribution in [3.8, 4) is 0 Å². The van der Waals surface area contributed by atoms with Gasteiger partial charge in [0.15, 0.2) is 0 Å². The predicted molar refractivity (Wildman–Crippen MR) is 54.4 cm³/mol. The van der Waals surface area contributed by atoms with E-state index in [2.05, 4.69) is 51.0 Å². The van der Waals surface area contributed by atoms with Gasteiger partial charge in [0, 0.05) is 11.9 Å². The molecule has 0 aromatic heterocycles. The highest BCUT2D eigenvalue weighted by Gasteiger charge is 2.11. The molecule has 66 valence electrons. The number of carbonyl (C=O) groups is 1. The van der Waals surface area contributed by atoms with Crippen molar-refractivity contribution in [3.63, 3.8) is 0 Å². The van der Waals surface area contributed by atoms with Crippen LogP contribution in [0.4, 0.5) is 0 Å². The fourth-order valence-electron chi connectivity index (χ4n) is 0.486. The Labute approximate surface area is 84.4 Å². The van der Waals surface area contributed by atoms with Crippen molar-refractivity contribution in [2.45, 2.75) is 18.7 Å². The van der Waals surface area contributed by atoms with E-state index in [1.165, 1.54) is 0 Å². The van der Waals surface area contributed by atoms with Gasteiger partial charge < -0.3 is 5.32 Å². The van der Waals surface area contributed by atoms with Crippen LogP contribution in [0.1, 0.15) is 13.8 Å². The second-order valence-electron chi connectivity index (χ2n) is 2.76. The number of hydrogen-bond acceptors (Lipinski definition) is 1. The number of hydrogen-bond donors (Lipinski definition) is 1. The van der Waals surface area contributed by atoms with Gasteiger partial charge in [-0.3, -0.25) is 4.79 Å². The van der Waals surface area contributed by atoms with Crippen molar-refractivity contribution >= 4 is 37.8 Å². The molecule has 1 atom stereocenters. The van der Waals surface area contributed by atoms with E-state index in [4.69, 9.17) is 0 Å². The molecule has 0 aliphatic heterocycles. The zero-order valence-electron chi connectivity index (χ0n) is 6.73. The fraction of sp³-hybridized carbons (Fsp3) is 0.857. The lowest BCUT2D eigenvalue weighted by molar-refractivity contribution is -0.120. The summed E-state index contributed by atoms with van der Waals surface area (Å²) in [4.78, 5) is 11.0. The van der Waals surface area contributed by atoms with E-state index in [1.807, 2.05) is 0 Å². The lowest BCUT2D eigenvalue weighted by Gasteiger charge is -2.09. The number of amides is 1. The molecule has 0 aliphatic rings. The van der Waals surface area contributed by atoms with Gasteiger partial charge in [0.05, 0.1) is 0 Å². The topological polar surface area (TPSA) is 29.1 Å². The highest BCUT2D eigenvalue weighted by atomic mass is 79.9. The first-order valence-corrected chi connectivity index (χ1v) is 5.59. The van der Waals surface area contributed by atoms with Crippen molar-refractivity contribution in [3.05, 3.63) is 0 Å². The molecule has 4 heteroatoms. The monoisotopic (exact) mass is 285 g/mol. The van der Waals surface area contributed by atoms with E-state index < -0.39 is 0 Å². The third-order valence-corrected chi connectivity index (χ3v) is 3.36. The summed E-state index contributed by atoms with van der Waals surface area (Å²) in [5, 5.41) is 3.47. The van der Waals surface area contributed by atoms with E-state index in [0.29, 0.717) is 11.2 Å². The van der Waals surface area contributed by atoms with Crippen LogP contribution in [0.2, 0.25) is 0 Å². The predicted octanol–water partition coefficient (Wildman–Crippen LogP) is 1.92. The maximum absolute atomic E-state index is 11.1. The van der Waals surface area contributed by atoms with Crippen LogP contribution in [0, 0.1) is 5.92 Å². The maximum atomic E-state index is 11.1. The summed E-state index contributed by atoms with van der Waals surface area (Å²) < 4.78 is 0. The van der Waals surface area contributed by atoms with E-state index in [-0.39, 0.29) is 10.7 Å². The second-order valence-corrected chi connectivity index (χ2v) is 4.51. The van der Waals surface area contributed by atoms with Crippen LogP contribution >= 0.6 is 31.9 Å². The molecule has 0 fully saturated rings. The summed E-state index contributed by atoms with van der Waals surface area (Å²) in [6.07, 6.45) is 0. The first kappa shape index (κ1) is 11.4. The van der Waals surface area contributed by atoms with E-state index in [1.54, 1.807) is 0 Å². The molecule has 0 aromatic carbocycles. The minimum atomic E-state index is -0.110. The van der Waals surface area contributed by atoms with Crippen molar-refractivity contribution in [2.24, 2.45) is 5.92 Å². The average molecular weight is 287 g/mol. The Kier molecular flexibility index (Phi) is 6.24. The molecule has 0 rings (SSSR count). The summed E-state index contributed by atoms with van der Waals surface area (Å²) in [5.74, 6) is 0.560. The van der Waals surface area contributed by atoms with Crippen LogP contribution < -0.4 is 5.32 Å². The average Bonchev–Trinajstić information content (AvgIpc) is 1.98. The number of alkyl halides is 2. The molecule has 1 amide bonds. The van der Waals surface area contributed by atoms with Gasteiger partial charge in [-0.25, -0.2) is 0 Å². The lowest BCUT2D eigenvalue weighted by Crippen LogP contribution is -2.34. The number of rotatable bonds is 4. The number of halogens is 2. The Hall–Kier alpha value is 0.430. The Morgan fingerprint density at radius 2 is 2.09 bits per heavy atom. The van der Waals surface area contributed by atoms with Crippen LogP contribution in [0.15, 0.2) is 0 Å². The van der Waals surface area contributed by atoms with Gasteiger partial charge >= 0.3 is 0 Å². The standard InChI is InChI=1S/C7H13Br2NO/c1-5(2)4-10-7(11)6(9)3-8/h5-6H,3-4H2,1-2H3,(H,10,11). The fourth-order valence-corrected chi connectivity index (χ4v) is 0.941. The van der Waals surface area contributed by atoms with Crippen LogP contribution in [-0.4, -0.2) is 22.6 Å². The summed E-state index contributed by atoms with van der Waals surface area (Å²) in [6.45, 7) is 4.88. The minimum absolute atomic E-state index is 0.0515. The molecule has 0 saturated heterocycles. The maximum Gasteiger partial charge on any atom is 0.234 e. The SMILES string of the molecule is CC(C)CNC(=O)C(Br)CBr. The normalized spacial score (nSPS) is 13.2. The van der Waals surface area contributed by atoms with Crippen molar-refractivity contribution in [1.82, 2.24) is 5.32 Å². The van der Waals surface area contributed by atoms with Gasteiger partial charge in [0.1, 0.15) is 4.83 Å². The van der Waals surface area contributed by atoms with Crippen molar-refractivity contribution in [2.75, 3.05) is 11.9 Å². The summed E-state index contributed by atoms with van der Waals surface area (Å²) >= 11 is 6.45. The molecular formula is C7H13Br2NO. The number of nitrogens with one attached hydrogen (secondary N) is 1. The molecular weight excluding hydrogens is 274 g/mol. The molecule has 0 aromatic rings. The van der Waals surface area contributed by atoms with E-state index in [0.717, 1.165) is 6.54 Å². The Morgan fingerprint density at radius 3 is 2.45 bits per heavy atom. The molecule has 11 heavy (non-hydrogen) atoms. The smallest absolute Gasteiger partial charge is 0.234 e. The van der Waals surface area contributed by atoms with E-state index >= 15 is 0 Å². The van der Waals surface area contributed by atoms with Gasteiger partial charge in [-0.1, -0.05) is 45.7 Å². The van der Waals surface area contributed by atoms with Gasteiger partial charge in [0.2, 0.25) is 5.91 Å². The van der Waals surface area contributed by atoms with Gasteiger partial charge in [-0.15, -0.1) is 0 Å². The first-order chi connectivity index (χ1) is 5.07. The summed E-state index contributed by atoms with van der Waals surface area (Å²) in [6, 6.07) is 0. The zero-order chi connectivity index (χ0) is 8.85. The Balaban J connectivity index is 3.52. The molecule has 1 N–H and O–H groups in total. The quantitative estimate of drug-likeness (QED) is 0.786. The van der Waals surface area contributed by atoms with Crippen LogP contribution in [0.5, 0.6) is 0 Å². The second kappa shape index (κ2) is 6.00. The zero-order valence-corrected chi connectivity index (χ0v) is 9.91. The highest BCUT2D eigenvalue weighted by Crippen LogP contribution is 2.03. The Morgan fingerprint density at radius 1 is 1.55 bits per heavy atom. The van der Waals surface area contributed by atoms with Crippen LogP contribution in [-0.2, 0) is 4.79 Å². The van der Waals surface area contributed by atoms with Crippen LogP contribution in [0.3, 0.4) is 0 Å². The summed E-state index contributed by atoms with van der Waals surface area (Å²) in [7, 11) is 0. The third-order valence-electron chi connectivity index (χ3n) is 1.10. The van der Waals surface area contributed by atoms with Gasteiger partial charge in [-0.2, -0.15) is 0 Å². The molecule has 0 heterocycles. The first-order valence-electron chi connectivity index (χ1n) is 3.55. The van der Waals surface area contributed by atoms with E-state index in [9.17, 15) is 4.79 Å². The number of carbonyl (C=O) groups excluding carboxylic acids is 1. The lowest BCUT2D eigenvalue weighted by atomic mass is 10.2. The largest absolute Gasteiger partial charge is 0.355 e. The molecule has 1 unspecified atom stereocenters. The van der Waals surface area contributed by atoms with Gasteiger partial charge in [0.25, 0.3) is 0 Å². The summed E-state index contributed by atoms with van der Waals surface area (Å²) in [5.41, 5.74) is 0. The minimum Gasteiger partial charge on any atom is -0.355 e. The van der Waals surface area contributed by atoms with Crippen LogP contribution in [0.25, 0.3) is 0 Å². The van der Waals surface area contributed by atoms with Crippen molar-refractivity contribution in [1.29, 1.82) is 0 Å². The van der Waals surface area contributed by atoms with Crippen molar-refractivity contribution < 1.29 is 4.79 Å². The molecule has 2 nitrogen and oxygen atoms in total. The third kappa shape index (κ3) is 5.67. The molecule has 0 radical (unpaired) electrons. The molecule has 0 spiro atoms. The Bertz CT molecular complexity index is 128. The molecule has 0 bridgehead atoms.